The highest BCUT2D eigenvalue weighted by molar-refractivity contribution is 6.32. The Morgan fingerprint density at radius 1 is 1.29 bits per heavy atom. The van der Waals surface area contributed by atoms with E-state index < -0.39 is 0 Å². The van der Waals surface area contributed by atoms with Crippen molar-refractivity contribution in [2.75, 3.05) is 13.2 Å². The van der Waals surface area contributed by atoms with Gasteiger partial charge in [0.25, 0.3) is 0 Å². The van der Waals surface area contributed by atoms with Gasteiger partial charge in [0.2, 0.25) is 0 Å². The Bertz CT molecular complexity index is 441. The first-order chi connectivity index (χ1) is 8.15. The van der Waals surface area contributed by atoms with Gasteiger partial charge in [0, 0.05) is 17.5 Å². The molecule has 1 aliphatic rings. The van der Waals surface area contributed by atoms with Crippen LogP contribution in [0.5, 0.6) is 11.5 Å². The largest absolute Gasteiger partial charge is 0.489 e. The van der Waals surface area contributed by atoms with Gasteiger partial charge >= 0.3 is 0 Å². The second-order valence-electron chi connectivity index (χ2n) is 4.34. The standard InChI is InChI=1S/C13H15ClO3/c1-8(2)11-9(7-15)6-10(14)12-13(11)17-5-3-4-16-12/h6-8H,3-5H2,1-2H3. The number of ether oxygens (including phenoxy) is 2. The molecule has 0 N–H and O–H groups in total. The predicted octanol–water partition coefficient (Wildman–Crippen LogP) is 3.44. The topological polar surface area (TPSA) is 35.5 Å². The highest BCUT2D eigenvalue weighted by Crippen LogP contribution is 2.44. The molecule has 1 aliphatic heterocycles. The number of aldehydes is 1. The highest BCUT2D eigenvalue weighted by Gasteiger charge is 2.23. The molecule has 3 nitrogen and oxygen atoms in total. The highest BCUT2D eigenvalue weighted by atomic mass is 35.5. The first-order valence-electron chi connectivity index (χ1n) is 5.72. The number of carbonyl (C=O) groups excluding carboxylic acids is 1. The van der Waals surface area contributed by atoms with E-state index in [1.165, 1.54) is 0 Å². The van der Waals surface area contributed by atoms with Crippen LogP contribution >= 0.6 is 11.6 Å². The van der Waals surface area contributed by atoms with Crippen LogP contribution < -0.4 is 9.47 Å². The molecule has 0 radical (unpaired) electrons. The first kappa shape index (κ1) is 12.2. The number of rotatable bonds is 2. The number of hydrogen-bond acceptors (Lipinski definition) is 3. The smallest absolute Gasteiger partial charge is 0.180 e. The molecule has 0 bridgehead atoms. The van der Waals surface area contributed by atoms with E-state index in [4.69, 9.17) is 21.1 Å². The lowest BCUT2D eigenvalue weighted by Crippen LogP contribution is -2.03. The predicted molar refractivity (Wildman–Crippen MR) is 66.5 cm³/mol. The van der Waals surface area contributed by atoms with Gasteiger partial charge in [0.15, 0.2) is 17.8 Å². The van der Waals surface area contributed by atoms with Crippen molar-refractivity contribution in [2.45, 2.75) is 26.2 Å². The van der Waals surface area contributed by atoms with Gasteiger partial charge in [-0.2, -0.15) is 0 Å². The minimum Gasteiger partial charge on any atom is -0.489 e. The summed E-state index contributed by atoms with van der Waals surface area (Å²) in [5, 5.41) is 0.438. The number of benzene rings is 1. The fourth-order valence-corrected chi connectivity index (χ4v) is 2.28. The summed E-state index contributed by atoms with van der Waals surface area (Å²) in [4.78, 5) is 11.1. The minimum absolute atomic E-state index is 0.183. The molecule has 0 spiro atoms. The Labute approximate surface area is 106 Å². The number of hydrogen-bond donors (Lipinski definition) is 0. The van der Waals surface area contributed by atoms with Gasteiger partial charge in [-0.1, -0.05) is 25.4 Å². The van der Waals surface area contributed by atoms with Crippen molar-refractivity contribution in [1.29, 1.82) is 0 Å². The summed E-state index contributed by atoms with van der Waals surface area (Å²) in [6.45, 7) is 5.21. The van der Waals surface area contributed by atoms with E-state index in [-0.39, 0.29) is 5.92 Å². The zero-order valence-electron chi connectivity index (χ0n) is 9.96. The molecule has 2 rings (SSSR count). The quantitative estimate of drug-likeness (QED) is 0.759. The van der Waals surface area contributed by atoms with Crippen molar-refractivity contribution in [3.8, 4) is 11.5 Å². The van der Waals surface area contributed by atoms with Crippen LogP contribution in [0.2, 0.25) is 5.02 Å². The summed E-state index contributed by atoms with van der Waals surface area (Å²) < 4.78 is 11.3. The van der Waals surface area contributed by atoms with Gasteiger partial charge in [-0.15, -0.1) is 0 Å². The monoisotopic (exact) mass is 254 g/mol. The van der Waals surface area contributed by atoms with E-state index in [1.807, 2.05) is 13.8 Å². The lowest BCUT2D eigenvalue weighted by molar-refractivity contribution is 0.112. The molecule has 4 heteroatoms. The van der Waals surface area contributed by atoms with E-state index in [1.54, 1.807) is 6.07 Å². The Balaban J connectivity index is 2.66. The fourth-order valence-electron chi connectivity index (χ4n) is 2.02. The van der Waals surface area contributed by atoms with Crippen molar-refractivity contribution < 1.29 is 14.3 Å². The molecule has 1 aromatic carbocycles. The van der Waals surface area contributed by atoms with Crippen LogP contribution in [0.4, 0.5) is 0 Å². The van der Waals surface area contributed by atoms with Crippen LogP contribution in [-0.4, -0.2) is 19.5 Å². The molecule has 1 heterocycles. The van der Waals surface area contributed by atoms with Crippen LogP contribution in [-0.2, 0) is 0 Å². The van der Waals surface area contributed by atoms with Crippen molar-refractivity contribution in [3.05, 3.63) is 22.2 Å². The van der Waals surface area contributed by atoms with Crippen LogP contribution in [0.25, 0.3) is 0 Å². The number of carbonyl (C=O) groups is 1. The SMILES string of the molecule is CC(C)c1c(C=O)cc(Cl)c2c1OCCCO2. The Kier molecular flexibility index (Phi) is 3.57. The average Bonchev–Trinajstić information content (AvgIpc) is 2.53. The third kappa shape index (κ3) is 2.25. The maximum atomic E-state index is 11.1. The lowest BCUT2D eigenvalue weighted by Gasteiger charge is -2.18. The number of fused-ring (bicyclic) bond motifs is 1. The molecule has 0 aliphatic carbocycles. The number of halogens is 1. The van der Waals surface area contributed by atoms with Crippen molar-refractivity contribution >= 4 is 17.9 Å². The van der Waals surface area contributed by atoms with Crippen LogP contribution in [0, 0.1) is 0 Å². The van der Waals surface area contributed by atoms with E-state index in [0.29, 0.717) is 35.3 Å². The average molecular weight is 255 g/mol. The van der Waals surface area contributed by atoms with E-state index in [2.05, 4.69) is 0 Å². The van der Waals surface area contributed by atoms with Crippen molar-refractivity contribution in [1.82, 2.24) is 0 Å². The fraction of sp³-hybridized carbons (Fsp3) is 0.462. The van der Waals surface area contributed by atoms with Gasteiger partial charge in [-0.05, 0) is 12.0 Å². The summed E-state index contributed by atoms with van der Waals surface area (Å²) in [6.07, 6.45) is 1.63. The summed E-state index contributed by atoms with van der Waals surface area (Å²) in [7, 11) is 0. The zero-order chi connectivity index (χ0) is 12.4. The Morgan fingerprint density at radius 3 is 2.53 bits per heavy atom. The normalized spacial score (nSPS) is 14.6. The molecule has 17 heavy (non-hydrogen) atoms. The molecule has 1 aromatic rings. The molecule has 92 valence electrons. The zero-order valence-corrected chi connectivity index (χ0v) is 10.7. The van der Waals surface area contributed by atoms with Crippen LogP contribution in [0.3, 0.4) is 0 Å². The minimum atomic E-state index is 0.183. The molecule has 0 amide bonds. The van der Waals surface area contributed by atoms with Gasteiger partial charge in [0.05, 0.1) is 18.2 Å². The van der Waals surface area contributed by atoms with E-state index in [9.17, 15) is 4.79 Å². The molecule has 0 atom stereocenters. The summed E-state index contributed by atoms with van der Waals surface area (Å²) in [5.74, 6) is 1.38. The first-order valence-corrected chi connectivity index (χ1v) is 6.10. The van der Waals surface area contributed by atoms with Gasteiger partial charge in [-0.3, -0.25) is 4.79 Å². The molecular formula is C13H15ClO3. The summed E-state index contributed by atoms with van der Waals surface area (Å²) >= 11 is 6.11. The second-order valence-corrected chi connectivity index (χ2v) is 4.75. The maximum Gasteiger partial charge on any atom is 0.180 e. The molecule has 0 saturated heterocycles. The molecule has 0 unspecified atom stereocenters. The summed E-state index contributed by atoms with van der Waals surface area (Å²) in [6, 6.07) is 1.65. The van der Waals surface area contributed by atoms with E-state index in [0.717, 1.165) is 18.3 Å². The third-order valence-corrected chi connectivity index (χ3v) is 3.03. The van der Waals surface area contributed by atoms with Crippen molar-refractivity contribution in [3.63, 3.8) is 0 Å². The second kappa shape index (κ2) is 4.96. The molecule has 0 fully saturated rings. The van der Waals surface area contributed by atoms with Gasteiger partial charge < -0.3 is 9.47 Å². The molecule has 0 aromatic heterocycles. The molecule has 0 saturated carbocycles. The van der Waals surface area contributed by atoms with Gasteiger partial charge in [0.1, 0.15) is 0 Å². The summed E-state index contributed by atoms with van der Waals surface area (Å²) in [5.41, 5.74) is 1.45. The van der Waals surface area contributed by atoms with Crippen LogP contribution in [0.1, 0.15) is 42.1 Å². The van der Waals surface area contributed by atoms with E-state index >= 15 is 0 Å². The molecular weight excluding hydrogens is 240 g/mol. The maximum absolute atomic E-state index is 11.1. The lowest BCUT2D eigenvalue weighted by atomic mass is 9.96. The van der Waals surface area contributed by atoms with Crippen molar-refractivity contribution in [2.24, 2.45) is 0 Å². The van der Waals surface area contributed by atoms with Gasteiger partial charge in [-0.25, -0.2) is 0 Å². The Morgan fingerprint density at radius 2 is 1.94 bits per heavy atom. The third-order valence-electron chi connectivity index (χ3n) is 2.75. The van der Waals surface area contributed by atoms with Crippen LogP contribution in [0.15, 0.2) is 6.07 Å². The Hall–Kier alpha value is -1.22.